The van der Waals surface area contributed by atoms with Gasteiger partial charge in [0.05, 0.1) is 7.11 Å². The van der Waals surface area contributed by atoms with E-state index in [2.05, 4.69) is 10.1 Å². The molecule has 1 atom stereocenters. The Balaban J connectivity index is 0. The molecule has 1 unspecified atom stereocenters. The Labute approximate surface area is 86.6 Å². The molecule has 0 aliphatic rings. The Morgan fingerprint density at radius 3 is 2.15 bits per heavy atom. The van der Waals surface area contributed by atoms with Gasteiger partial charge in [-0.15, -0.1) is 12.4 Å². The summed E-state index contributed by atoms with van der Waals surface area (Å²) in [7, 11) is 1.42. The molecule has 0 aromatic rings. The van der Waals surface area contributed by atoms with Crippen LogP contribution in [0.3, 0.4) is 0 Å². The van der Waals surface area contributed by atoms with Gasteiger partial charge in [-0.1, -0.05) is 27.7 Å². The maximum Gasteiger partial charge on any atom is 0.323 e. The van der Waals surface area contributed by atoms with E-state index in [4.69, 9.17) is 0 Å². The Bertz CT molecular complexity index is 154. The smallest absolute Gasteiger partial charge is 0.323 e. The number of hydrogen-bond acceptors (Lipinski definition) is 3. The van der Waals surface area contributed by atoms with Gasteiger partial charge < -0.3 is 10.1 Å². The fraction of sp³-hybridized carbons (Fsp3) is 0.889. The molecule has 0 amide bonds. The molecule has 1 N–H and O–H groups in total. The molecule has 0 heterocycles. The molecule has 0 aliphatic heterocycles. The summed E-state index contributed by atoms with van der Waals surface area (Å²) in [6, 6.07) is -0.215. The minimum atomic E-state index is -0.215. The second-order valence-corrected chi connectivity index (χ2v) is 3.88. The third kappa shape index (κ3) is 5.11. The predicted molar refractivity (Wildman–Crippen MR) is 56.2 cm³/mol. The van der Waals surface area contributed by atoms with Crippen molar-refractivity contribution in [3.8, 4) is 0 Å². The van der Waals surface area contributed by atoms with Gasteiger partial charge in [-0.25, -0.2) is 0 Å². The number of rotatable bonds is 3. The zero-order chi connectivity index (χ0) is 9.78. The number of hydrogen-bond donors (Lipinski definition) is 1. The number of methoxy groups -OCH3 is 1. The highest BCUT2D eigenvalue weighted by molar-refractivity contribution is 5.85. The zero-order valence-electron chi connectivity index (χ0n) is 9.01. The first-order valence-corrected chi connectivity index (χ1v) is 4.24. The molecule has 0 spiro atoms. The van der Waals surface area contributed by atoms with E-state index in [9.17, 15) is 4.79 Å². The van der Waals surface area contributed by atoms with Crippen LogP contribution in [0.1, 0.15) is 27.7 Å². The van der Waals surface area contributed by atoms with Gasteiger partial charge in [0.25, 0.3) is 0 Å². The van der Waals surface area contributed by atoms with Crippen LogP contribution in [0.25, 0.3) is 0 Å². The second-order valence-electron chi connectivity index (χ2n) is 3.88. The van der Waals surface area contributed by atoms with E-state index in [1.165, 1.54) is 7.11 Å². The van der Waals surface area contributed by atoms with Crippen LogP contribution in [-0.2, 0) is 9.53 Å². The van der Waals surface area contributed by atoms with E-state index < -0.39 is 0 Å². The minimum Gasteiger partial charge on any atom is -0.468 e. The van der Waals surface area contributed by atoms with Crippen molar-refractivity contribution in [2.45, 2.75) is 33.7 Å². The molecule has 0 radical (unpaired) electrons. The SMILES string of the molecule is CCNC(C(=O)OC)C(C)(C)C.Cl. The number of esters is 1. The Morgan fingerprint density at radius 1 is 1.46 bits per heavy atom. The van der Waals surface area contributed by atoms with Crippen LogP contribution in [0.5, 0.6) is 0 Å². The van der Waals surface area contributed by atoms with Crippen molar-refractivity contribution in [2.24, 2.45) is 5.41 Å². The van der Waals surface area contributed by atoms with Crippen LogP contribution in [0.2, 0.25) is 0 Å². The zero-order valence-corrected chi connectivity index (χ0v) is 9.83. The normalized spacial score (nSPS) is 13.0. The van der Waals surface area contributed by atoms with Crippen LogP contribution in [0.15, 0.2) is 0 Å². The summed E-state index contributed by atoms with van der Waals surface area (Å²) in [4.78, 5) is 11.3. The van der Waals surface area contributed by atoms with Crippen molar-refractivity contribution >= 4 is 18.4 Å². The molecule has 3 nitrogen and oxygen atoms in total. The average molecular weight is 210 g/mol. The molecule has 4 heteroatoms. The Morgan fingerprint density at radius 2 is 1.92 bits per heavy atom. The van der Waals surface area contributed by atoms with Crippen molar-refractivity contribution in [3.63, 3.8) is 0 Å². The molecule has 0 aliphatic carbocycles. The van der Waals surface area contributed by atoms with Gasteiger partial charge in [-0.05, 0) is 12.0 Å². The number of nitrogens with one attached hydrogen (secondary N) is 1. The van der Waals surface area contributed by atoms with Crippen LogP contribution >= 0.6 is 12.4 Å². The molecule has 0 fully saturated rings. The first-order valence-electron chi connectivity index (χ1n) is 4.24. The topological polar surface area (TPSA) is 38.3 Å². The van der Waals surface area contributed by atoms with E-state index in [1.807, 2.05) is 27.7 Å². The van der Waals surface area contributed by atoms with Crippen LogP contribution < -0.4 is 5.32 Å². The van der Waals surface area contributed by atoms with Crippen molar-refractivity contribution in [1.29, 1.82) is 0 Å². The van der Waals surface area contributed by atoms with E-state index in [0.29, 0.717) is 0 Å². The Kier molecular flexibility index (Phi) is 7.27. The minimum absolute atomic E-state index is 0. The summed E-state index contributed by atoms with van der Waals surface area (Å²) < 4.78 is 4.69. The maximum absolute atomic E-state index is 11.3. The van der Waals surface area contributed by atoms with Gasteiger partial charge in [-0.2, -0.15) is 0 Å². The van der Waals surface area contributed by atoms with E-state index >= 15 is 0 Å². The fourth-order valence-electron chi connectivity index (χ4n) is 1.07. The lowest BCUT2D eigenvalue weighted by atomic mass is 9.87. The lowest BCUT2D eigenvalue weighted by molar-refractivity contribution is -0.146. The van der Waals surface area contributed by atoms with Gasteiger partial charge in [-0.3, -0.25) is 4.79 Å². The van der Waals surface area contributed by atoms with E-state index in [0.717, 1.165) is 6.54 Å². The van der Waals surface area contributed by atoms with Crippen molar-refractivity contribution in [1.82, 2.24) is 5.32 Å². The molecule has 13 heavy (non-hydrogen) atoms. The van der Waals surface area contributed by atoms with Gasteiger partial charge in [0.2, 0.25) is 0 Å². The lowest BCUT2D eigenvalue weighted by Crippen LogP contribution is -2.46. The summed E-state index contributed by atoms with van der Waals surface area (Å²) in [6.45, 7) is 8.78. The molecule has 0 saturated carbocycles. The third-order valence-corrected chi connectivity index (χ3v) is 1.71. The maximum atomic E-state index is 11.3. The van der Waals surface area contributed by atoms with Crippen molar-refractivity contribution in [3.05, 3.63) is 0 Å². The first-order chi connectivity index (χ1) is 5.43. The quantitative estimate of drug-likeness (QED) is 0.718. The number of likely N-dealkylation sites (N-methyl/N-ethyl adjacent to an activating group) is 1. The third-order valence-electron chi connectivity index (χ3n) is 1.71. The Hall–Kier alpha value is -0.280. The summed E-state index contributed by atoms with van der Waals surface area (Å²) in [5.74, 6) is -0.190. The molecular weight excluding hydrogens is 190 g/mol. The van der Waals surface area contributed by atoms with Gasteiger partial charge >= 0.3 is 5.97 Å². The van der Waals surface area contributed by atoms with Crippen molar-refractivity contribution in [2.75, 3.05) is 13.7 Å². The summed E-state index contributed by atoms with van der Waals surface area (Å²) in [6.07, 6.45) is 0. The molecule has 0 aromatic heterocycles. The average Bonchev–Trinajstić information content (AvgIpc) is 1.96. The highest BCUT2D eigenvalue weighted by Gasteiger charge is 2.30. The summed E-state index contributed by atoms with van der Waals surface area (Å²) >= 11 is 0. The number of carbonyl (C=O) groups is 1. The molecule has 0 saturated heterocycles. The summed E-state index contributed by atoms with van der Waals surface area (Å²) in [5.41, 5.74) is -0.0941. The van der Waals surface area contributed by atoms with Crippen molar-refractivity contribution < 1.29 is 9.53 Å². The number of ether oxygens (including phenoxy) is 1. The predicted octanol–water partition coefficient (Wildman–Crippen LogP) is 1.61. The molecule has 80 valence electrons. The van der Waals surface area contributed by atoms with E-state index in [1.54, 1.807) is 0 Å². The van der Waals surface area contributed by atoms with E-state index in [-0.39, 0.29) is 29.8 Å². The molecular formula is C9H20ClNO2. The van der Waals surface area contributed by atoms with Crippen LogP contribution in [0.4, 0.5) is 0 Å². The monoisotopic (exact) mass is 209 g/mol. The number of halogens is 1. The van der Waals surface area contributed by atoms with Gasteiger partial charge in [0.1, 0.15) is 6.04 Å². The van der Waals surface area contributed by atoms with Gasteiger partial charge in [0, 0.05) is 0 Å². The lowest BCUT2D eigenvalue weighted by Gasteiger charge is -2.28. The van der Waals surface area contributed by atoms with Gasteiger partial charge in [0.15, 0.2) is 0 Å². The standard InChI is InChI=1S/C9H19NO2.ClH/c1-6-10-7(8(11)12-5)9(2,3)4;/h7,10H,6H2,1-5H3;1H. The molecule has 0 rings (SSSR count). The number of carbonyl (C=O) groups excluding carboxylic acids is 1. The largest absolute Gasteiger partial charge is 0.468 e. The molecule has 0 aromatic carbocycles. The van der Waals surface area contributed by atoms with Crippen LogP contribution in [-0.4, -0.2) is 25.7 Å². The highest BCUT2D eigenvalue weighted by Crippen LogP contribution is 2.19. The van der Waals surface area contributed by atoms with Crippen LogP contribution in [0, 0.1) is 5.41 Å². The highest BCUT2D eigenvalue weighted by atomic mass is 35.5. The fourth-order valence-corrected chi connectivity index (χ4v) is 1.07. The molecule has 0 bridgehead atoms. The summed E-state index contributed by atoms with van der Waals surface area (Å²) in [5, 5.41) is 3.10. The second kappa shape index (κ2) is 6.22. The first kappa shape index (κ1) is 15.2.